The number of sulfonamides is 1. The first-order chi connectivity index (χ1) is 9.96. The normalized spacial score (nSPS) is 17.5. The third kappa shape index (κ3) is 3.84. The van der Waals surface area contributed by atoms with Crippen molar-refractivity contribution < 1.29 is 13.2 Å². The van der Waals surface area contributed by atoms with Gasteiger partial charge in [-0.2, -0.15) is 0 Å². The summed E-state index contributed by atoms with van der Waals surface area (Å²) in [7, 11) is 0.101. The Kier molecular flexibility index (Phi) is 5.79. The van der Waals surface area contributed by atoms with Gasteiger partial charge in [-0.25, -0.2) is 12.7 Å². The highest BCUT2D eigenvalue weighted by atomic mass is 32.2. The molecule has 1 fully saturated rings. The first-order valence-corrected chi connectivity index (χ1v) is 9.54. The fraction of sp³-hybridized carbons (Fsp3) is 0.714. The van der Waals surface area contributed by atoms with E-state index >= 15 is 0 Å². The fourth-order valence-electron chi connectivity index (χ4n) is 2.66. The van der Waals surface area contributed by atoms with E-state index < -0.39 is 10.0 Å². The van der Waals surface area contributed by atoms with Crippen LogP contribution in [0.2, 0.25) is 0 Å². The summed E-state index contributed by atoms with van der Waals surface area (Å²) in [6.45, 7) is 4.49. The van der Waals surface area contributed by atoms with Crippen LogP contribution < -0.4 is 5.32 Å². The number of hydrogen-bond donors (Lipinski definition) is 1. The van der Waals surface area contributed by atoms with Crippen molar-refractivity contribution in [1.82, 2.24) is 9.62 Å². The topological polar surface area (TPSA) is 58.6 Å². The summed E-state index contributed by atoms with van der Waals surface area (Å²) < 4.78 is 32.6. The van der Waals surface area contributed by atoms with Gasteiger partial charge >= 0.3 is 0 Å². The third-order valence-electron chi connectivity index (χ3n) is 3.85. The Morgan fingerprint density at radius 2 is 2.10 bits per heavy atom. The van der Waals surface area contributed by atoms with E-state index in [1.165, 1.54) is 15.6 Å². The summed E-state index contributed by atoms with van der Waals surface area (Å²) in [4.78, 5) is 1.37. The van der Waals surface area contributed by atoms with Crippen LogP contribution in [-0.2, 0) is 21.3 Å². The molecular weight excluding hydrogens is 308 g/mol. The van der Waals surface area contributed by atoms with Crippen molar-refractivity contribution in [2.75, 3.05) is 33.9 Å². The second-order valence-electron chi connectivity index (χ2n) is 5.54. The molecule has 2 rings (SSSR count). The minimum Gasteiger partial charge on any atom is -0.381 e. The second kappa shape index (κ2) is 7.19. The number of ether oxygens (including phenoxy) is 1. The van der Waals surface area contributed by atoms with Crippen molar-refractivity contribution in [3.63, 3.8) is 0 Å². The molecule has 0 aromatic carbocycles. The van der Waals surface area contributed by atoms with Crippen LogP contribution in [0.25, 0.3) is 0 Å². The largest absolute Gasteiger partial charge is 0.381 e. The van der Waals surface area contributed by atoms with Gasteiger partial charge in [-0.1, -0.05) is 0 Å². The number of aryl methyl sites for hydroxylation is 1. The van der Waals surface area contributed by atoms with E-state index in [-0.39, 0.29) is 0 Å². The Hall–Kier alpha value is -0.470. The molecule has 1 saturated heterocycles. The van der Waals surface area contributed by atoms with E-state index in [2.05, 4.69) is 5.32 Å². The van der Waals surface area contributed by atoms with E-state index in [9.17, 15) is 8.42 Å². The van der Waals surface area contributed by atoms with Crippen LogP contribution in [0.15, 0.2) is 10.3 Å². The van der Waals surface area contributed by atoms with Gasteiger partial charge in [0.2, 0.25) is 10.0 Å². The lowest BCUT2D eigenvalue weighted by molar-refractivity contribution is 0.0620. The van der Waals surface area contributed by atoms with Gasteiger partial charge in [0.25, 0.3) is 0 Å². The summed E-state index contributed by atoms with van der Waals surface area (Å²) in [5.41, 5.74) is 0.837. The first kappa shape index (κ1) is 16.9. The smallest absolute Gasteiger partial charge is 0.244 e. The highest BCUT2D eigenvalue weighted by Crippen LogP contribution is 2.30. The highest BCUT2D eigenvalue weighted by molar-refractivity contribution is 7.89. The molecule has 21 heavy (non-hydrogen) atoms. The average molecular weight is 332 g/mol. The van der Waals surface area contributed by atoms with E-state index in [0.29, 0.717) is 23.9 Å². The summed E-state index contributed by atoms with van der Waals surface area (Å²) in [6, 6.07) is 0. The molecule has 120 valence electrons. The standard InChI is InChI=1S/C14H24N2O3S2/c1-11-10-20-13(8-15-2)14(11)21(17,18)16(3)9-12-4-6-19-7-5-12/h10,12,15H,4-9H2,1-3H3. The van der Waals surface area contributed by atoms with Crippen molar-refractivity contribution in [2.45, 2.75) is 31.2 Å². The Morgan fingerprint density at radius 1 is 1.43 bits per heavy atom. The SMILES string of the molecule is CNCc1scc(C)c1S(=O)(=O)N(C)CC1CCOCC1. The molecule has 0 spiro atoms. The summed E-state index contributed by atoms with van der Waals surface area (Å²) in [5, 5.41) is 4.96. The zero-order chi connectivity index (χ0) is 15.5. The molecule has 1 aromatic rings. The zero-order valence-corrected chi connectivity index (χ0v) is 14.5. The van der Waals surface area contributed by atoms with Crippen LogP contribution >= 0.6 is 11.3 Å². The highest BCUT2D eigenvalue weighted by Gasteiger charge is 2.29. The molecule has 0 bridgehead atoms. The molecule has 0 saturated carbocycles. The van der Waals surface area contributed by atoms with Crippen LogP contribution in [0, 0.1) is 12.8 Å². The van der Waals surface area contributed by atoms with Gasteiger partial charge in [-0.3, -0.25) is 0 Å². The maximum absolute atomic E-state index is 12.9. The van der Waals surface area contributed by atoms with Crippen LogP contribution in [0.4, 0.5) is 0 Å². The number of hydrogen-bond acceptors (Lipinski definition) is 5. The van der Waals surface area contributed by atoms with Gasteiger partial charge in [-0.05, 0) is 43.7 Å². The molecular formula is C14H24N2O3S2. The van der Waals surface area contributed by atoms with Crippen LogP contribution in [0.5, 0.6) is 0 Å². The molecule has 0 unspecified atom stereocenters. The van der Waals surface area contributed by atoms with Crippen molar-refractivity contribution in [3.05, 3.63) is 15.8 Å². The Morgan fingerprint density at radius 3 is 2.71 bits per heavy atom. The van der Waals surface area contributed by atoms with E-state index in [4.69, 9.17) is 4.74 Å². The predicted molar refractivity (Wildman–Crippen MR) is 85.2 cm³/mol. The Balaban J connectivity index is 2.18. The molecule has 1 aromatic heterocycles. The molecule has 7 heteroatoms. The lowest BCUT2D eigenvalue weighted by atomic mass is 10.0. The average Bonchev–Trinajstić information content (AvgIpc) is 2.82. The monoisotopic (exact) mass is 332 g/mol. The van der Waals surface area contributed by atoms with E-state index in [1.807, 2.05) is 19.4 Å². The third-order valence-corrected chi connectivity index (χ3v) is 7.14. The minimum atomic E-state index is -3.42. The maximum Gasteiger partial charge on any atom is 0.244 e. The van der Waals surface area contributed by atoms with E-state index in [0.717, 1.165) is 36.5 Å². The fourth-order valence-corrected chi connectivity index (χ4v) is 5.67. The van der Waals surface area contributed by atoms with Gasteiger partial charge < -0.3 is 10.1 Å². The lowest BCUT2D eigenvalue weighted by Crippen LogP contribution is -2.34. The molecule has 5 nitrogen and oxygen atoms in total. The van der Waals surface area contributed by atoms with Crippen LogP contribution in [-0.4, -0.2) is 46.6 Å². The van der Waals surface area contributed by atoms with Crippen molar-refractivity contribution in [2.24, 2.45) is 5.92 Å². The molecule has 1 aliphatic heterocycles. The Labute approximate surface area is 131 Å². The van der Waals surface area contributed by atoms with Gasteiger partial charge in [0.05, 0.1) is 0 Å². The number of rotatable bonds is 6. The molecule has 0 radical (unpaired) electrons. The van der Waals surface area contributed by atoms with Crippen molar-refractivity contribution in [3.8, 4) is 0 Å². The number of nitrogens with one attached hydrogen (secondary N) is 1. The summed E-state index contributed by atoms with van der Waals surface area (Å²) in [5.74, 6) is 0.394. The van der Waals surface area contributed by atoms with Gasteiger partial charge in [0.15, 0.2) is 0 Å². The maximum atomic E-state index is 12.9. The van der Waals surface area contributed by atoms with Gasteiger partial charge in [-0.15, -0.1) is 11.3 Å². The van der Waals surface area contributed by atoms with E-state index in [1.54, 1.807) is 7.05 Å². The summed E-state index contributed by atoms with van der Waals surface area (Å²) >= 11 is 1.50. The molecule has 0 aliphatic carbocycles. The van der Waals surface area contributed by atoms with Gasteiger partial charge in [0, 0.05) is 38.2 Å². The summed E-state index contributed by atoms with van der Waals surface area (Å²) in [6.07, 6.45) is 1.87. The van der Waals surface area contributed by atoms with Crippen molar-refractivity contribution >= 4 is 21.4 Å². The first-order valence-electron chi connectivity index (χ1n) is 7.22. The molecule has 2 heterocycles. The predicted octanol–water partition coefficient (Wildman–Crippen LogP) is 1.82. The Bertz CT molecular complexity index is 563. The quantitative estimate of drug-likeness (QED) is 0.863. The minimum absolute atomic E-state index is 0.394. The molecule has 1 aliphatic rings. The van der Waals surface area contributed by atoms with Gasteiger partial charge in [0.1, 0.15) is 4.90 Å². The molecule has 1 N–H and O–H groups in total. The number of nitrogens with zero attached hydrogens (tertiary/aromatic N) is 1. The zero-order valence-electron chi connectivity index (χ0n) is 12.9. The molecule has 0 atom stereocenters. The van der Waals surface area contributed by atoms with Crippen LogP contribution in [0.3, 0.4) is 0 Å². The van der Waals surface area contributed by atoms with Crippen LogP contribution in [0.1, 0.15) is 23.3 Å². The van der Waals surface area contributed by atoms with Crippen molar-refractivity contribution in [1.29, 1.82) is 0 Å². The molecule has 0 amide bonds. The number of thiophene rings is 1. The lowest BCUT2D eigenvalue weighted by Gasteiger charge is -2.27. The second-order valence-corrected chi connectivity index (χ2v) is 8.49.